The monoisotopic (exact) mass is 404 g/mol. The van der Waals surface area contributed by atoms with Gasteiger partial charge < -0.3 is 9.47 Å². The second-order valence-electron chi connectivity index (χ2n) is 8.39. The molecule has 154 valence electrons. The highest BCUT2D eigenvalue weighted by atomic mass is 15.1. The van der Waals surface area contributed by atoms with Gasteiger partial charge in [0.1, 0.15) is 0 Å². The Morgan fingerprint density at radius 3 is 2.39 bits per heavy atom. The molecule has 4 aromatic rings. The van der Waals surface area contributed by atoms with Gasteiger partial charge in [-0.1, -0.05) is 60.7 Å². The smallest absolute Gasteiger partial charge is 0.0534 e. The fourth-order valence-corrected chi connectivity index (χ4v) is 4.70. The summed E-state index contributed by atoms with van der Waals surface area (Å²) >= 11 is 0. The third-order valence-electron chi connectivity index (χ3n) is 6.34. The molecule has 3 aromatic carbocycles. The summed E-state index contributed by atoms with van der Waals surface area (Å²) in [6, 6.07) is 24.4. The molecule has 1 aliphatic rings. The molecule has 0 radical (unpaired) electrons. The first-order chi connectivity index (χ1) is 15.1. The summed E-state index contributed by atoms with van der Waals surface area (Å²) in [6.07, 6.45) is 9.72. The number of anilines is 2. The summed E-state index contributed by atoms with van der Waals surface area (Å²) in [7, 11) is 0. The van der Waals surface area contributed by atoms with E-state index in [1.807, 2.05) is 0 Å². The molecule has 1 aliphatic heterocycles. The lowest BCUT2D eigenvalue weighted by Gasteiger charge is -2.27. The zero-order chi connectivity index (χ0) is 21.4. The van der Waals surface area contributed by atoms with Crippen LogP contribution < -0.4 is 4.90 Å². The van der Waals surface area contributed by atoms with Gasteiger partial charge in [0, 0.05) is 34.7 Å². The molecule has 5 rings (SSSR count). The fourth-order valence-electron chi connectivity index (χ4n) is 4.70. The zero-order valence-corrected chi connectivity index (χ0v) is 18.5. The minimum Gasteiger partial charge on any atom is -0.337 e. The van der Waals surface area contributed by atoms with Crippen LogP contribution in [0.5, 0.6) is 0 Å². The van der Waals surface area contributed by atoms with E-state index in [2.05, 4.69) is 121 Å². The van der Waals surface area contributed by atoms with E-state index in [0.717, 1.165) is 13.0 Å². The van der Waals surface area contributed by atoms with E-state index in [4.69, 9.17) is 0 Å². The average molecular weight is 405 g/mol. The van der Waals surface area contributed by atoms with Crippen molar-refractivity contribution in [3.05, 3.63) is 113 Å². The first-order valence-electron chi connectivity index (χ1n) is 11.0. The number of allylic oxidation sites excluding steroid dienone is 3. The number of nitrogens with zero attached hydrogens (tertiary/aromatic N) is 2. The number of aromatic nitrogens is 1. The first kappa shape index (κ1) is 19.4. The van der Waals surface area contributed by atoms with Crippen molar-refractivity contribution < 1.29 is 0 Å². The molecule has 0 unspecified atom stereocenters. The molecule has 0 bridgehead atoms. The van der Waals surface area contributed by atoms with Gasteiger partial charge in [-0.2, -0.15) is 0 Å². The van der Waals surface area contributed by atoms with Crippen LogP contribution in [-0.2, 0) is 6.42 Å². The SMILES string of the molecule is Cc1cc(N2C/C=C\C=C/Cc3ccccc32)cc(-n2c(C)c(C)c3ccccc32)c1. The van der Waals surface area contributed by atoms with Crippen molar-refractivity contribution in [3.63, 3.8) is 0 Å². The molecule has 0 saturated carbocycles. The summed E-state index contributed by atoms with van der Waals surface area (Å²) in [5.41, 5.74) is 10.3. The van der Waals surface area contributed by atoms with Gasteiger partial charge in [-0.05, 0) is 74.2 Å². The van der Waals surface area contributed by atoms with Gasteiger partial charge in [-0.25, -0.2) is 0 Å². The molecule has 31 heavy (non-hydrogen) atoms. The molecule has 0 saturated heterocycles. The number of benzene rings is 3. The van der Waals surface area contributed by atoms with E-state index in [1.54, 1.807) is 0 Å². The summed E-state index contributed by atoms with van der Waals surface area (Å²) in [5.74, 6) is 0. The van der Waals surface area contributed by atoms with Crippen molar-refractivity contribution >= 4 is 22.3 Å². The zero-order valence-electron chi connectivity index (χ0n) is 18.5. The topological polar surface area (TPSA) is 8.17 Å². The van der Waals surface area contributed by atoms with Crippen molar-refractivity contribution in [2.75, 3.05) is 11.4 Å². The summed E-state index contributed by atoms with van der Waals surface area (Å²) in [4.78, 5) is 2.43. The van der Waals surface area contributed by atoms with Crippen molar-refractivity contribution in [2.45, 2.75) is 27.2 Å². The lowest BCUT2D eigenvalue weighted by atomic mass is 10.1. The third kappa shape index (κ3) is 3.48. The fraction of sp³-hybridized carbons (Fsp3) is 0.172. The Morgan fingerprint density at radius 1 is 0.742 bits per heavy atom. The van der Waals surface area contributed by atoms with Gasteiger partial charge in [0.25, 0.3) is 0 Å². The van der Waals surface area contributed by atoms with E-state index in [-0.39, 0.29) is 0 Å². The Kier molecular flexibility index (Phi) is 4.99. The number of para-hydroxylation sites is 2. The second-order valence-corrected chi connectivity index (χ2v) is 8.39. The number of fused-ring (bicyclic) bond motifs is 2. The number of rotatable bonds is 2. The van der Waals surface area contributed by atoms with E-state index in [0.29, 0.717) is 0 Å². The molecule has 1 aromatic heterocycles. The quantitative estimate of drug-likeness (QED) is 0.339. The maximum absolute atomic E-state index is 2.43. The average Bonchev–Trinajstić information content (AvgIpc) is 3.09. The lowest BCUT2D eigenvalue weighted by molar-refractivity contribution is 1.02. The Hall–Kier alpha value is -3.52. The number of aryl methyl sites for hydroxylation is 2. The van der Waals surface area contributed by atoms with Crippen molar-refractivity contribution in [1.29, 1.82) is 0 Å². The van der Waals surface area contributed by atoms with Gasteiger partial charge in [-0.3, -0.25) is 0 Å². The molecule has 0 atom stereocenters. The van der Waals surface area contributed by atoms with Crippen LogP contribution in [0.3, 0.4) is 0 Å². The van der Waals surface area contributed by atoms with Gasteiger partial charge in [-0.15, -0.1) is 0 Å². The molecule has 0 amide bonds. The third-order valence-corrected chi connectivity index (χ3v) is 6.34. The lowest BCUT2D eigenvalue weighted by Crippen LogP contribution is -2.19. The Morgan fingerprint density at radius 2 is 1.48 bits per heavy atom. The highest BCUT2D eigenvalue weighted by Crippen LogP contribution is 2.34. The Bertz CT molecular complexity index is 1320. The number of hydrogen-bond donors (Lipinski definition) is 0. The molecule has 0 fully saturated rings. The van der Waals surface area contributed by atoms with Crippen LogP contribution in [0.15, 0.2) is 91.0 Å². The second kappa shape index (κ2) is 7.96. The predicted molar refractivity (Wildman–Crippen MR) is 133 cm³/mol. The molecule has 2 heterocycles. The summed E-state index contributed by atoms with van der Waals surface area (Å²) in [5, 5.41) is 1.32. The van der Waals surface area contributed by atoms with Crippen LogP contribution >= 0.6 is 0 Å². The van der Waals surface area contributed by atoms with E-state index in [1.165, 1.54) is 50.3 Å². The van der Waals surface area contributed by atoms with Crippen LogP contribution in [0, 0.1) is 20.8 Å². The van der Waals surface area contributed by atoms with Gasteiger partial charge >= 0.3 is 0 Å². The highest BCUT2D eigenvalue weighted by molar-refractivity contribution is 5.87. The largest absolute Gasteiger partial charge is 0.337 e. The minimum absolute atomic E-state index is 0.842. The van der Waals surface area contributed by atoms with Crippen molar-refractivity contribution in [3.8, 4) is 5.69 Å². The van der Waals surface area contributed by atoms with Gasteiger partial charge in [0.05, 0.1) is 5.52 Å². The molecule has 2 heteroatoms. The van der Waals surface area contributed by atoms with E-state index >= 15 is 0 Å². The molecule has 0 N–H and O–H groups in total. The normalized spacial score (nSPS) is 15.8. The summed E-state index contributed by atoms with van der Waals surface area (Å²) in [6.45, 7) is 7.48. The number of hydrogen-bond acceptors (Lipinski definition) is 1. The van der Waals surface area contributed by atoms with E-state index < -0.39 is 0 Å². The predicted octanol–water partition coefficient (Wildman–Crippen LogP) is 7.36. The van der Waals surface area contributed by atoms with Crippen LogP contribution in [0.25, 0.3) is 16.6 Å². The first-order valence-corrected chi connectivity index (χ1v) is 11.0. The van der Waals surface area contributed by atoms with Crippen LogP contribution in [0.1, 0.15) is 22.4 Å². The van der Waals surface area contributed by atoms with Crippen LogP contribution in [0.4, 0.5) is 11.4 Å². The van der Waals surface area contributed by atoms with E-state index in [9.17, 15) is 0 Å². The molecule has 0 aliphatic carbocycles. The maximum atomic E-state index is 2.43. The van der Waals surface area contributed by atoms with Gasteiger partial charge in [0.2, 0.25) is 0 Å². The standard InChI is InChI=1S/C29H28N2/c1-21-18-25(30-17-11-5-4-6-12-24-13-7-9-15-28(24)30)20-26(19-21)31-23(3)22(2)27-14-8-10-16-29(27)31/h4-11,13-16,18-20H,12,17H2,1-3H3/b6-4-,11-5-. The van der Waals surface area contributed by atoms with Crippen molar-refractivity contribution in [2.24, 2.45) is 0 Å². The summed E-state index contributed by atoms with van der Waals surface area (Å²) < 4.78 is 2.40. The van der Waals surface area contributed by atoms with Gasteiger partial charge in [0.15, 0.2) is 0 Å². The molecular formula is C29H28N2. The van der Waals surface area contributed by atoms with Crippen LogP contribution in [0.2, 0.25) is 0 Å². The minimum atomic E-state index is 0.842. The highest BCUT2D eigenvalue weighted by Gasteiger charge is 2.16. The Labute approximate surface area is 184 Å². The van der Waals surface area contributed by atoms with Crippen molar-refractivity contribution in [1.82, 2.24) is 4.57 Å². The molecule has 0 spiro atoms. The van der Waals surface area contributed by atoms with Crippen LogP contribution in [-0.4, -0.2) is 11.1 Å². The molecular weight excluding hydrogens is 376 g/mol. The Balaban J connectivity index is 1.70. The molecule has 2 nitrogen and oxygen atoms in total. The maximum Gasteiger partial charge on any atom is 0.0534 e.